The lowest BCUT2D eigenvalue weighted by Gasteiger charge is -1.92. The molecule has 0 fully saturated rings. The monoisotopic (exact) mass is 346 g/mol. The Kier molecular flexibility index (Phi) is 7.77. The van der Waals surface area contributed by atoms with Gasteiger partial charge in [0.2, 0.25) is 0 Å². The molecule has 0 atom stereocenters. The van der Waals surface area contributed by atoms with Crippen LogP contribution in [0.15, 0.2) is 72.8 Å². The van der Waals surface area contributed by atoms with Gasteiger partial charge in [0.25, 0.3) is 0 Å². The van der Waals surface area contributed by atoms with Gasteiger partial charge in [0.05, 0.1) is 0 Å². The lowest BCUT2D eigenvalue weighted by Crippen LogP contribution is -1.89. The first-order valence-electron chi connectivity index (χ1n) is 6.95. The first-order valence-corrected chi connectivity index (χ1v) is 8.35. The maximum Gasteiger partial charge on any atom is 0.394 e. The van der Waals surface area contributed by atoms with Crippen molar-refractivity contribution >= 4 is 27.5 Å². The van der Waals surface area contributed by atoms with Crippen molar-refractivity contribution in [3.05, 3.63) is 83.9 Å². The highest BCUT2D eigenvalue weighted by Gasteiger charge is 1.86. The average Bonchev–Trinajstić information content (AvgIpc) is 2.55. The Balaban J connectivity index is 0.000000192. The largest absolute Gasteiger partial charge is 0.394 e. The number of rotatable bonds is 1. The maximum absolute atomic E-state index is 10.1. The van der Waals surface area contributed by atoms with E-state index in [4.69, 9.17) is 17.5 Å². The minimum Gasteiger partial charge on any atom is -0.298 e. The van der Waals surface area contributed by atoms with E-state index in [9.17, 15) is 4.79 Å². The van der Waals surface area contributed by atoms with Gasteiger partial charge in [-0.3, -0.25) is 13.9 Å². The van der Waals surface area contributed by atoms with Gasteiger partial charge in [0, 0.05) is 5.56 Å². The zero-order chi connectivity index (χ0) is 18.0. The Morgan fingerprint density at radius 3 is 1.38 bits per heavy atom. The zero-order valence-corrected chi connectivity index (χ0v) is 13.8. The molecule has 0 spiro atoms. The molecule has 0 saturated carbocycles. The SMILES string of the molecule is Cc1ccc(C=O)cc1.O=S(=O)(O)O.c1ccc2ccccc2c1. The number of hydrogen-bond donors (Lipinski definition) is 2. The molecule has 0 aliphatic rings. The average molecular weight is 346 g/mol. The molecule has 0 unspecified atom stereocenters. The van der Waals surface area contributed by atoms with Crippen LogP contribution >= 0.6 is 0 Å². The van der Waals surface area contributed by atoms with Crippen LogP contribution in [0.1, 0.15) is 15.9 Å². The summed E-state index contributed by atoms with van der Waals surface area (Å²) in [4.78, 5) is 10.1. The summed E-state index contributed by atoms with van der Waals surface area (Å²) in [5.41, 5.74) is 1.92. The van der Waals surface area contributed by atoms with Gasteiger partial charge in [-0.05, 0) is 17.7 Å². The molecule has 0 aliphatic carbocycles. The molecule has 0 saturated heterocycles. The summed E-state index contributed by atoms with van der Waals surface area (Å²) < 4.78 is 31.6. The molecular formula is C18H18O5S. The van der Waals surface area contributed by atoms with Crippen molar-refractivity contribution in [3.8, 4) is 0 Å². The summed E-state index contributed by atoms with van der Waals surface area (Å²) in [6, 6.07) is 24.2. The van der Waals surface area contributed by atoms with Crippen LogP contribution in [-0.2, 0) is 10.4 Å². The molecule has 24 heavy (non-hydrogen) atoms. The fourth-order valence-corrected chi connectivity index (χ4v) is 1.78. The molecule has 126 valence electrons. The minimum atomic E-state index is -4.67. The second-order valence-corrected chi connectivity index (χ2v) is 5.72. The van der Waals surface area contributed by atoms with E-state index in [1.54, 1.807) is 0 Å². The van der Waals surface area contributed by atoms with Crippen LogP contribution in [0.2, 0.25) is 0 Å². The predicted octanol–water partition coefficient (Wildman–Crippen LogP) is 3.99. The topological polar surface area (TPSA) is 91.7 Å². The second kappa shape index (κ2) is 9.57. The molecule has 0 radical (unpaired) electrons. The Morgan fingerprint density at radius 1 is 0.750 bits per heavy atom. The molecule has 0 aromatic heterocycles. The van der Waals surface area contributed by atoms with Crippen LogP contribution in [0.25, 0.3) is 10.8 Å². The number of benzene rings is 3. The Hall–Kier alpha value is -2.54. The Labute approximate surface area is 141 Å². The van der Waals surface area contributed by atoms with Gasteiger partial charge in [-0.2, -0.15) is 8.42 Å². The molecule has 5 nitrogen and oxygen atoms in total. The summed E-state index contributed by atoms with van der Waals surface area (Å²) >= 11 is 0. The summed E-state index contributed by atoms with van der Waals surface area (Å²) in [7, 11) is -4.67. The molecule has 2 N–H and O–H groups in total. The summed E-state index contributed by atoms with van der Waals surface area (Å²) in [6.07, 6.45) is 0.847. The van der Waals surface area contributed by atoms with Crippen molar-refractivity contribution in [2.45, 2.75) is 6.92 Å². The Bertz CT molecular complexity index is 798. The lowest BCUT2D eigenvalue weighted by atomic mass is 10.1. The highest BCUT2D eigenvalue weighted by atomic mass is 32.3. The van der Waals surface area contributed by atoms with Gasteiger partial charge < -0.3 is 0 Å². The van der Waals surface area contributed by atoms with E-state index in [1.165, 1.54) is 16.3 Å². The molecule has 3 rings (SSSR count). The van der Waals surface area contributed by atoms with Crippen molar-refractivity contribution in [1.82, 2.24) is 0 Å². The van der Waals surface area contributed by atoms with Crippen LogP contribution in [0.3, 0.4) is 0 Å². The Morgan fingerprint density at radius 2 is 1.08 bits per heavy atom. The lowest BCUT2D eigenvalue weighted by molar-refractivity contribution is 0.112. The highest BCUT2D eigenvalue weighted by Crippen LogP contribution is 2.11. The van der Waals surface area contributed by atoms with E-state index in [0.717, 1.165) is 11.8 Å². The molecule has 0 amide bonds. The van der Waals surface area contributed by atoms with E-state index in [1.807, 2.05) is 31.2 Å². The number of carbonyl (C=O) groups is 1. The first kappa shape index (κ1) is 19.5. The fourth-order valence-electron chi connectivity index (χ4n) is 1.78. The van der Waals surface area contributed by atoms with Gasteiger partial charge in [-0.1, -0.05) is 78.4 Å². The van der Waals surface area contributed by atoms with Crippen LogP contribution in [0.5, 0.6) is 0 Å². The summed E-state index contributed by atoms with van der Waals surface area (Å²) in [6.45, 7) is 1.99. The van der Waals surface area contributed by atoms with E-state index in [2.05, 4.69) is 48.5 Å². The number of carbonyl (C=O) groups excluding carboxylic acids is 1. The summed E-state index contributed by atoms with van der Waals surface area (Å²) in [5, 5.41) is 2.62. The minimum absolute atomic E-state index is 0.737. The van der Waals surface area contributed by atoms with Crippen LogP contribution in [0, 0.1) is 6.92 Å². The van der Waals surface area contributed by atoms with Crippen LogP contribution in [0.4, 0.5) is 0 Å². The van der Waals surface area contributed by atoms with Gasteiger partial charge in [-0.15, -0.1) is 0 Å². The molecule has 0 bridgehead atoms. The number of hydrogen-bond acceptors (Lipinski definition) is 3. The molecule has 3 aromatic rings. The first-order chi connectivity index (χ1) is 11.3. The number of aryl methyl sites for hydroxylation is 1. The van der Waals surface area contributed by atoms with Gasteiger partial charge in [0.1, 0.15) is 6.29 Å². The highest BCUT2D eigenvalue weighted by molar-refractivity contribution is 7.79. The molecule has 6 heteroatoms. The van der Waals surface area contributed by atoms with E-state index in [-0.39, 0.29) is 0 Å². The van der Waals surface area contributed by atoms with Crippen molar-refractivity contribution in [2.24, 2.45) is 0 Å². The van der Waals surface area contributed by atoms with Crippen molar-refractivity contribution in [2.75, 3.05) is 0 Å². The van der Waals surface area contributed by atoms with E-state index < -0.39 is 10.4 Å². The predicted molar refractivity (Wildman–Crippen MR) is 94.7 cm³/mol. The molecular weight excluding hydrogens is 328 g/mol. The molecule has 0 aliphatic heterocycles. The third-order valence-electron chi connectivity index (χ3n) is 2.87. The molecule has 3 aromatic carbocycles. The third kappa shape index (κ3) is 8.79. The van der Waals surface area contributed by atoms with Crippen LogP contribution < -0.4 is 0 Å². The maximum atomic E-state index is 10.1. The standard InChI is InChI=1S/C10H8.C8H8O.H2O4S/c1-2-6-10-8-4-3-7-9(10)5-1;1-7-2-4-8(6-9)5-3-7;1-5(2,3)4/h1-8H;2-6H,1H3;(H2,1,2,3,4). The van der Waals surface area contributed by atoms with Crippen molar-refractivity contribution in [3.63, 3.8) is 0 Å². The second-order valence-electron chi connectivity index (χ2n) is 4.82. The normalized spacial score (nSPS) is 9.96. The number of aldehydes is 1. The van der Waals surface area contributed by atoms with Gasteiger partial charge in [-0.25, -0.2) is 0 Å². The smallest absolute Gasteiger partial charge is 0.298 e. The third-order valence-corrected chi connectivity index (χ3v) is 2.87. The van der Waals surface area contributed by atoms with E-state index >= 15 is 0 Å². The zero-order valence-electron chi connectivity index (χ0n) is 13.0. The molecule has 0 heterocycles. The quantitative estimate of drug-likeness (QED) is 0.513. The fraction of sp³-hybridized carbons (Fsp3) is 0.0556. The van der Waals surface area contributed by atoms with E-state index in [0.29, 0.717) is 0 Å². The van der Waals surface area contributed by atoms with Crippen molar-refractivity contribution in [1.29, 1.82) is 0 Å². The van der Waals surface area contributed by atoms with Gasteiger partial charge in [0.15, 0.2) is 0 Å². The number of fused-ring (bicyclic) bond motifs is 1. The summed E-state index contributed by atoms with van der Waals surface area (Å²) in [5.74, 6) is 0. The van der Waals surface area contributed by atoms with Gasteiger partial charge >= 0.3 is 10.4 Å². The van der Waals surface area contributed by atoms with Crippen LogP contribution in [-0.4, -0.2) is 23.8 Å². The van der Waals surface area contributed by atoms with Crippen molar-refractivity contribution < 1.29 is 22.3 Å².